The summed E-state index contributed by atoms with van der Waals surface area (Å²) in [6.07, 6.45) is 0. The van der Waals surface area contributed by atoms with Crippen LogP contribution in [0.3, 0.4) is 0 Å². The van der Waals surface area contributed by atoms with Crippen LogP contribution in [-0.4, -0.2) is 48.7 Å². The zero-order valence-corrected chi connectivity index (χ0v) is 14.2. The number of benzene rings is 1. The highest BCUT2D eigenvalue weighted by atomic mass is 32.5. The lowest BCUT2D eigenvalue weighted by molar-refractivity contribution is -0.134. The maximum absolute atomic E-state index is 12.7. The molecule has 0 aromatic heterocycles. The van der Waals surface area contributed by atoms with Gasteiger partial charge in [-0.1, -0.05) is 19.4 Å². The number of hydroxylamine groups is 1. The number of nitrogens with one attached hydrogen (secondary N) is 4. The summed E-state index contributed by atoms with van der Waals surface area (Å²) in [6, 6.07) is 0.122. The highest BCUT2D eigenvalue weighted by Gasteiger charge is 2.65. The molecule has 1 heterocycles. The van der Waals surface area contributed by atoms with Crippen LogP contribution >= 0.6 is 10.2 Å². The number of halogens is 5. The van der Waals surface area contributed by atoms with E-state index < -0.39 is 38.5 Å². The molecular weight excluding hydrogens is 387 g/mol. The Labute approximate surface area is 145 Å². The average Bonchev–Trinajstić information content (AvgIpc) is 2.50. The zero-order valence-electron chi connectivity index (χ0n) is 13.4. The first-order chi connectivity index (χ1) is 11.7. The van der Waals surface area contributed by atoms with E-state index in [0.717, 1.165) is 0 Å². The van der Waals surface area contributed by atoms with E-state index in [2.05, 4.69) is 16.0 Å². The molecule has 7 nitrogen and oxygen atoms in total. The van der Waals surface area contributed by atoms with Gasteiger partial charge in [0.15, 0.2) is 0 Å². The van der Waals surface area contributed by atoms with Crippen molar-refractivity contribution in [1.29, 1.82) is 0 Å². The number of likely N-dealkylation sites (N-methyl/N-ethyl adjacent to an activating group) is 1. The summed E-state index contributed by atoms with van der Waals surface area (Å²) < 4.78 is 63.5. The summed E-state index contributed by atoms with van der Waals surface area (Å²) in [5.41, 5.74) is 0.123. The molecule has 1 aromatic rings. The maximum atomic E-state index is 12.7. The summed E-state index contributed by atoms with van der Waals surface area (Å²) in [4.78, 5) is 22.0. The summed E-state index contributed by atoms with van der Waals surface area (Å²) in [5, 5.41) is 16.8. The van der Waals surface area contributed by atoms with Gasteiger partial charge in [0.05, 0.1) is 5.54 Å². The fourth-order valence-corrected chi connectivity index (χ4v) is 3.17. The molecule has 2 amide bonds. The van der Waals surface area contributed by atoms with Gasteiger partial charge in [-0.25, -0.2) is 5.48 Å². The number of hydrogen-bond acceptors (Lipinski definition) is 5. The Morgan fingerprint density at radius 1 is 1.15 bits per heavy atom. The van der Waals surface area contributed by atoms with Crippen LogP contribution in [0.2, 0.25) is 0 Å². The van der Waals surface area contributed by atoms with E-state index in [4.69, 9.17) is 5.21 Å². The van der Waals surface area contributed by atoms with Gasteiger partial charge in [0.25, 0.3) is 11.8 Å². The van der Waals surface area contributed by atoms with E-state index in [1.165, 1.54) is 12.5 Å². The third-order valence-corrected chi connectivity index (χ3v) is 5.30. The van der Waals surface area contributed by atoms with Crippen molar-refractivity contribution >= 4 is 22.0 Å². The number of carbonyl (C=O) groups excluding carboxylic acids is 2. The van der Waals surface area contributed by atoms with E-state index in [1.54, 1.807) is 0 Å². The van der Waals surface area contributed by atoms with E-state index in [9.17, 15) is 29.0 Å². The fourth-order valence-electron chi connectivity index (χ4n) is 2.52. The summed E-state index contributed by atoms with van der Waals surface area (Å²) in [5.74, 6) is -1.91. The Bertz CT molecular complexity index is 716. The molecule has 5 N–H and O–H groups in total. The Hall–Kier alpha value is -1.96. The highest BCUT2D eigenvalue weighted by molar-refractivity contribution is 8.45. The molecule has 1 fully saturated rings. The minimum absolute atomic E-state index is 0.107. The molecule has 0 saturated carbocycles. The van der Waals surface area contributed by atoms with Crippen molar-refractivity contribution in [2.75, 3.05) is 20.1 Å². The minimum atomic E-state index is -9.83. The van der Waals surface area contributed by atoms with Gasteiger partial charge in [0.2, 0.25) is 0 Å². The summed E-state index contributed by atoms with van der Waals surface area (Å²) >= 11 is 0. The lowest BCUT2D eigenvalue weighted by Gasteiger charge is -2.47. The van der Waals surface area contributed by atoms with Gasteiger partial charge < -0.3 is 16.0 Å². The molecule has 1 aliphatic rings. The van der Waals surface area contributed by atoms with E-state index >= 15 is 0 Å². The molecule has 0 aliphatic carbocycles. The van der Waals surface area contributed by atoms with Crippen molar-refractivity contribution in [2.24, 2.45) is 0 Å². The summed E-state index contributed by atoms with van der Waals surface area (Å²) in [7, 11) is -8.31. The van der Waals surface area contributed by atoms with Crippen LogP contribution < -0.4 is 21.4 Å². The summed E-state index contributed by atoms with van der Waals surface area (Å²) in [6.45, 7) is 0.538. The van der Waals surface area contributed by atoms with Crippen LogP contribution in [0.1, 0.15) is 10.4 Å². The lowest BCUT2D eigenvalue weighted by atomic mass is 9.83. The first-order valence-electron chi connectivity index (χ1n) is 7.21. The molecule has 26 heavy (non-hydrogen) atoms. The Kier molecular flexibility index (Phi) is 4.52. The van der Waals surface area contributed by atoms with Crippen molar-refractivity contribution in [3.63, 3.8) is 0 Å². The number of carbonyl (C=O) groups is 2. The van der Waals surface area contributed by atoms with Crippen molar-refractivity contribution in [3.05, 3.63) is 29.8 Å². The predicted octanol–water partition coefficient (Wildman–Crippen LogP) is 1.51. The maximum Gasteiger partial charge on any atom is 0.310 e. The third-order valence-electron chi connectivity index (χ3n) is 4.14. The second-order valence-corrected chi connectivity index (χ2v) is 8.29. The molecule has 0 spiro atoms. The first kappa shape index (κ1) is 20.4. The van der Waals surface area contributed by atoms with Gasteiger partial charge >= 0.3 is 10.2 Å². The second kappa shape index (κ2) is 5.77. The molecule has 1 saturated heterocycles. The second-order valence-electron chi connectivity index (χ2n) is 5.89. The van der Waals surface area contributed by atoms with Gasteiger partial charge in [0.1, 0.15) is 10.9 Å². The SMILES string of the molecule is CNC1(C(NC(=O)c2ccc(S(F)(F)(F)(F)F)cc2)C(=O)NO)CNC1. The zero-order chi connectivity index (χ0) is 19.9. The number of amides is 2. The number of hydrogen-bond donors (Lipinski definition) is 5. The van der Waals surface area contributed by atoms with Gasteiger partial charge in [-0.3, -0.25) is 14.8 Å². The van der Waals surface area contributed by atoms with Crippen molar-refractivity contribution in [3.8, 4) is 0 Å². The van der Waals surface area contributed by atoms with Gasteiger partial charge in [-0.2, -0.15) is 0 Å². The largest absolute Gasteiger partial charge is 0.338 e. The van der Waals surface area contributed by atoms with Gasteiger partial charge in [-0.05, 0) is 31.3 Å². The molecule has 13 heteroatoms. The Morgan fingerprint density at radius 3 is 2.04 bits per heavy atom. The van der Waals surface area contributed by atoms with Crippen LogP contribution in [0.25, 0.3) is 0 Å². The molecule has 1 atom stereocenters. The molecule has 148 valence electrons. The first-order valence-corrected chi connectivity index (χ1v) is 9.16. The highest BCUT2D eigenvalue weighted by Crippen LogP contribution is 3.02. The molecule has 0 bridgehead atoms. The Balaban J connectivity index is 2.24. The number of rotatable bonds is 6. The standard InChI is InChI=1S/C13H17F5N4O3S/c1-19-13(6-20-7-13)10(12(24)22-25)21-11(23)8-2-4-9(5-3-8)26(14,15,16,17)18/h2-5,10,19-20,25H,6-7H2,1H3,(H,21,23)(H,22,24). The quantitative estimate of drug-likeness (QED) is 0.281. The van der Waals surface area contributed by atoms with Gasteiger partial charge in [0, 0.05) is 18.7 Å². The van der Waals surface area contributed by atoms with Crippen molar-refractivity contribution in [1.82, 2.24) is 21.4 Å². The minimum Gasteiger partial charge on any atom is -0.338 e. The van der Waals surface area contributed by atoms with Crippen LogP contribution in [0, 0.1) is 0 Å². The normalized spacial score (nSPS) is 20.1. The average molecular weight is 404 g/mol. The smallest absolute Gasteiger partial charge is 0.310 e. The van der Waals surface area contributed by atoms with E-state index in [1.807, 2.05) is 0 Å². The fraction of sp³-hybridized carbons (Fsp3) is 0.385. The molecule has 2 rings (SSSR count). The molecule has 1 aromatic carbocycles. The van der Waals surface area contributed by atoms with Gasteiger partial charge in [-0.15, -0.1) is 0 Å². The van der Waals surface area contributed by atoms with Crippen molar-refractivity contribution < 1.29 is 34.2 Å². The monoisotopic (exact) mass is 404 g/mol. The topological polar surface area (TPSA) is 102 Å². The molecule has 1 unspecified atom stereocenters. The Morgan fingerprint density at radius 2 is 1.69 bits per heavy atom. The molecule has 1 aliphatic heterocycles. The van der Waals surface area contributed by atoms with Crippen LogP contribution in [0.5, 0.6) is 0 Å². The molecule has 0 radical (unpaired) electrons. The lowest BCUT2D eigenvalue weighted by Crippen LogP contribution is -2.78. The van der Waals surface area contributed by atoms with E-state index in [0.29, 0.717) is 12.1 Å². The van der Waals surface area contributed by atoms with Crippen LogP contribution in [-0.2, 0) is 4.79 Å². The van der Waals surface area contributed by atoms with Crippen LogP contribution in [0.15, 0.2) is 29.2 Å². The third kappa shape index (κ3) is 4.06. The molecular formula is C13H17F5N4O3S. The predicted molar refractivity (Wildman–Crippen MR) is 83.7 cm³/mol. The van der Waals surface area contributed by atoms with Crippen molar-refractivity contribution in [2.45, 2.75) is 16.5 Å². The van der Waals surface area contributed by atoms with E-state index in [-0.39, 0.29) is 30.8 Å². The van der Waals surface area contributed by atoms with Crippen LogP contribution in [0.4, 0.5) is 19.4 Å².